The van der Waals surface area contributed by atoms with E-state index in [1.165, 1.54) is 54.4 Å². The van der Waals surface area contributed by atoms with Gasteiger partial charge in [0.25, 0.3) is 0 Å². The van der Waals surface area contributed by atoms with Gasteiger partial charge in [0.15, 0.2) is 0 Å². The Morgan fingerprint density at radius 2 is 0.917 bits per heavy atom. The molecule has 0 aliphatic heterocycles. The lowest BCUT2D eigenvalue weighted by molar-refractivity contribution is 1.17. The van der Waals surface area contributed by atoms with E-state index < -0.39 is 0 Å². The Labute approximate surface area is 344 Å². The van der Waals surface area contributed by atoms with E-state index >= 15 is 0 Å². The van der Waals surface area contributed by atoms with Gasteiger partial charge in [-0.25, -0.2) is 9.97 Å². The molecule has 3 aromatic heterocycles. The number of para-hydroxylation sites is 2. The highest BCUT2D eigenvalue weighted by atomic mass is 15.0. The average molecular weight is 763 g/mol. The van der Waals surface area contributed by atoms with Crippen molar-refractivity contribution < 1.29 is 0 Å². The maximum atomic E-state index is 5.50. The Kier molecular flexibility index (Phi) is 6.98. The summed E-state index contributed by atoms with van der Waals surface area (Å²) in [5.41, 5.74) is 12.7. The molecule has 0 atom stereocenters. The van der Waals surface area contributed by atoms with E-state index in [0.29, 0.717) is 0 Å². The van der Waals surface area contributed by atoms with Crippen LogP contribution in [-0.2, 0) is 0 Å². The lowest BCUT2D eigenvalue weighted by Crippen LogP contribution is -1.97. The van der Waals surface area contributed by atoms with Gasteiger partial charge in [-0.05, 0) is 70.1 Å². The van der Waals surface area contributed by atoms with Crippen molar-refractivity contribution in [2.45, 2.75) is 0 Å². The third-order valence-corrected chi connectivity index (χ3v) is 12.4. The van der Waals surface area contributed by atoms with Crippen LogP contribution < -0.4 is 0 Å². The molecule has 0 unspecified atom stereocenters. The van der Waals surface area contributed by atoms with Crippen molar-refractivity contribution in [2.24, 2.45) is 0 Å². The zero-order valence-electron chi connectivity index (χ0n) is 32.4. The highest BCUT2D eigenvalue weighted by Crippen LogP contribution is 2.43. The van der Waals surface area contributed by atoms with Crippen LogP contribution in [0.1, 0.15) is 0 Å². The fourth-order valence-electron chi connectivity index (χ4n) is 9.75. The molecular weight excluding hydrogens is 729 g/mol. The molecule has 0 aliphatic rings. The molecule has 278 valence electrons. The second-order valence-corrected chi connectivity index (χ2v) is 15.7. The number of hydrogen-bond donors (Lipinski definition) is 0. The Morgan fingerprint density at radius 1 is 0.317 bits per heavy atom. The highest BCUT2D eigenvalue weighted by molar-refractivity contribution is 6.24. The first-order chi connectivity index (χ1) is 29.8. The highest BCUT2D eigenvalue weighted by Gasteiger charge is 2.21. The number of hydrogen-bond acceptors (Lipinski definition) is 2. The third-order valence-electron chi connectivity index (χ3n) is 12.4. The van der Waals surface area contributed by atoms with E-state index in [9.17, 15) is 0 Å². The average Bonchev–Trinajstić information content (AvgIpc) is 3.83. The van der Waals surface area contributed by atoms with Crippen LogP contribution >= 0.6 is 0 Å². The molecule has 0 spiro atoms. The molecule has 0 amide bonds. The molecule has 60 heavy (non-hydrogen) atoms. The summed E-state index contributed by atoms with van der Waals surface area (Å²) in [5, 5.41) is 12.0. The summed E-state index contributed by atoms with van der Waals surface area (Å²) in [6.45, 7) is 0. The molecule has 0 N–H and O–H groups in total. The Bertz CT molecular complexity index is 3860. The van der Waals surface area contributed by atoms with Gasteiger partial charge in [-0.2, -0.15) is 0 Å². The summed E-state index contributed by atoms with van der Waals surface area (Å²) < 4.78 is 4.90. The topological polar surface area (TPSA) is 35.6 Å². The van der Waals surface area contributed by atoms with E-state index in [4.69, 9.17) is 9.97 Å². The van der Waals surface area contributed by atoms with E-state index in [2.05, 4.69) is 203 Å². The van der Waals surface area contributed by atoms with Crippen LogP contribution in [0, 0.1) is 0 Å². The minimum atomic E-state index is 0.879. The molecule has 13 aromatic rings. The summed E-state index contributed by atoms with van der Waals surface area (Å²) in [7, 11) is 0. The van der Waals surface area contributed by atoms with Crippen LogP contribution in [0.5, 0.6) is 0 Å². The van der Waals surface area contributed by atoms with E-state index in [1.54, 1.807) is 0 Å². The maximum absolute atomic E-state index is 5.50. The predicted octanol–water partition coefficient (Wildman–Crippen LogP) is 14.6. The maximum Gasteiger partial charge on any atom is 0.0979 e. The van der Waals surface area contributed by atoms with Gasteiger partial charge in [0.2, 0.25) is 0 Å². The van der Waals surface area contributed by atoms with E-state index in [-0.39, 0.29) is 0 Å². The number of nitrogens with zero attached hydrogens (tertiary/aromatic N) is 4. The van der Waals surface area contributed by atoms with Crippen LogP contribution in [0.15, 0.2) is 206 Å². The van der Waals surface area contributed by atoms with Gasteiger partial charge in [0, 0.05) is 54.8 Å². The predicted molar refractivity (Wildman–Crippen MR) is 252 cm³/mol. The van der Waals surface area contributed by atoms with Crippen molar-refractivity contribution in [1.82, 2.24) is 19.1 Å². The molecule has 0 aliphatic carbocycles. The van der Waals surface area contributed by atoms with Gasteiger partial charge in [0.1, 0.15) is 0 Å². The molecule has 4 heteroatoms. The number of aromatic nitrogens is 4. The Balaban J connectivity index is 1.11. The van der Waals surface area contributed by atoms with Crippen LogP contribution in [0.2, 0.25) is 0 Å². The molecule has 10 aromatic carbocycles. The summed E-state index contributed by atoms with van der Waals surface area (Å²) >= 11 is 0. The summed E-state index contributed by atoms with van der Waals surface area (Å²) in [5.74, 6) is 0. The smallest absolute Gasteiger partial charge is 0.0979 e. The van der Waals surface area contributed by atoms with Crippen molar-refractivity contribution in [3.8, 4) is 33.9 Å². The van der Waals surface area contributed by atoms with Gasteiger partial charge in [0.05, 0.1) is 44.5 Å². The van der Waals surface area contributed by atoms with Gasteiger partial charge in [-0.3, -0.25) is 0 Å². The summed E-state index contributed by atoms with van der Waals surface area (Å²) in [6, 6.07) is 74.3. The Hall–Kier alpha value is -8.08. The van der Waals surface area contributed by atoms with Crippen molar-refractivity contribution in [2.75, 3.05) is 0 Å². The van der Waals surface area contributed by atoms with Gasteiger partial charge in [-0.15, -0.1) is 0 Å². The fourth-order valence-corrected chi connectivity index (χ4v) is 9.75. The van der Waals surface area contributed by atoms with Crippen molar-refractivity contribution in [3.05, 3.63) is 206 Å². The quantitative estimate of drug-likeness (QED) is 0.167. The molecule has 0 fully saturated rings. The van der Waals surface area contributed by atoms with E-state index in [0.717, 1.165) is 66.5 Å². The zero-order chi connectivity index (χ0) is 39.3. The molecule has 0 bridgehead atoms. The van der Waals surface area contributed by atoms with Gasteiger partial charge >= 0.3 is 0 Å². The SMILES string of the molecule is c1ccc(-c2nc3ccc4ccc5cc(-n6c7cc8c(cc7c7ccc9ccccc9c76)c6ccccc6n8-c6ccccc6)ccc5c4c3nc2-c2ccccc2)cc1. The lowest BCUT2D eigenvalue weighted by atomic mass is 9.98. The largest absolute Gasteiger partial charge is 0.309 e. The molecule has 3 heterocycles. The third kappa shape index (κ3) is 4.79. The number of fused-ring (bicyclic) bond motifs is 13. The first kappa shape index (κ1) is 32.9. The molecule has 13 rings (SSSR count). The van der Waals surface area contributed by atoms with Crippen LogP contribution in [0.4, 0.5) is 0 Å². The second kappa shape index (κ2) is 12.7. The summed E-state index contributed by atoms with van der Waals surface area (Å²) in [6.07, 6.45) is 0. The molecule has 0 saturated heterocycles. The zero-order valence-corrected chi connectivity index (χ0v) is 32.4. The monoisotopic (exact) mass is 762 g/mol. The Morgan fingerprint density at radius 3 is 1.72 bits per heavy atom. The van der Waals surface area contributed by atoms with E-state index in [1.807, 2.05) is 12.1 Å². The minimum Gasteiger partial charge on any atom is -0.309 e. The number of benzene rings is 10. The first-order valence-corrected chi connectivity index (χ1v) is 20.5. The number of rotatable bonds is 4. The molecule has 4 nitrogen and oxygen atoms in total. The summed E-state index contributed by atoms with van der Waals surface area (Å²) in [4.78, 5) is 10.8. The second-order valence-electron chi connectivity index (χ2n) is 15.7. The standard InChI is InChI=1S/C56H34N4/c1-4-15-37(16-5-1)53-54(38-17-6-2-7-18-38)58-55-48(57-53)31-27-36-24-25-39-32-41(28-30-42(39)52(36)55)60-51-34-50-46(33-47(51)45-29-26-35-14-10-11-21-43(35)56(45)60)44-22-12-13-23-49(44)59(50)40-19-8-3-9-20-40/h1-34H. The van der Waals surface area contributed by atoms with Gasteiger partial charge < -0.3 is 9.13 Å². The van der Waals surface area contributed by atoms with Crippen molar-refractivity contribution in [3.63, 3.8) is 0 Å². The molecule has 0 radical (unpaired) electrons. The van der Waals surface area contributed by atoms with Crippen LogP contribution in [0.3, 0.4) is 0 Å². The normalized spacial score (nSPS) is 12.0. The lowest BCUT2D eigenvalue weighted by Gasteiger charge is -2.15. The molecular formula is C56H34N4. The molecule has 0 saturated carbocycles. The first-order valence-electron chi connectivity index (χ1n) is 20.5. The van der Waals surface area contributed by atoms with Crippen LogP contribution in [-0.4, -0.2) is 19.1 Å². The van der Waals surface area contributed by atoms with Crippen molar-refractivity contribution >= 4 is 87.0 Å². The van der Waals surface area contributed by atoms with Gasteiger partial charge in [-0.1, -0.05) is 158 Å². The van der Waals surface area contributed by atoms with Crippen LogP contribution in [0.25, 0.3) is 121 Å². The van der Waals surface area contributed by atoms with Crippen molar-refractivity contribution in [1.29, 1.82) is 0 Å². The fraction of sp³-hybridized carbons (Fsp3) is 0. The minimum absolute atomic E-state index is 0.879.